The van der Waals surface area contributed by atoms with Crippen molar-refractivity contribution in [1.29, 1.82) is 0 Å². The molecule has 1 aliphatic rings. The number of nitrogens with one attached hydrogen (secondary N) is 2. The number of esters is 1. The molecule has 1 aromatic carbocycles. The second kappa shape index (κ2) is 10.1. The van der Waals surface area contributed by atoms with E-state index in [1.54, 1.807) is 38.1 Å². The minimum Gasteiger partial charge on any atom is -0.872 e. The molecule has 3 rings (SSSR count). The molecule has 0 saturated carbocycles. The topological polar surface area (TPSA) is 116 Å². The number of carbonyl (C=O) groups is 3. The quantitative estimate of drug-likeness (QED) is 0.247. The van der Waals surface area contributed by atoms with Crippen LogP contribution in [-0.4, -0.2) is 68.9 Å². The molecular weight excluding hydrogens is 438 g/mol. The number of methoxy groups -OCH3 is 2. The number of ether oxygens (including phenoxy) is 2. The van der Waals surface area contributed by atoms with Crippen molar-refractivity contribution in [2.75, 3.05) is 41.4 Å². The fourth-order valence-corrected chi connectivity index (χ4v) is 4.45. The van der Waals surface area contributed by atoms with E-state index in [1.165, 1.54) is 24.0 Å². The number of para-hydroxylation sites is 1. The molecular formula is C25H31N3O6. The molecule has 9 nitrogen and oxygen atoms in total. The summed E-state index contributed by atoms with van der Waals surface area (Å²) in [5.41, 5.74) is 1.54. The Hall–Kier alpha value is -3.59. The number of carbonyl (C=O) groups excluding carboxylic acids is 3. The van der Waals surface area contributed by atoms with Crippen LogP contribution in [0.3, 0.4) is 0 Å². The number of aromatic amines is 1. The molecule has 34 heavy (non-hydrogen) atoms. The number of amides is 1. The second-order valence-electron chi connectivity index (χ2n) is 8.64. The predicted molar refractivity (Wildman–Crippen MR) is 123 cm³/mol. The number of hydrogen-bond acceptors (Lipinski definition) is 6. The summed E-state index contributed by atoms with van der Waals surface area (Å²) in [4.78, 5) is 44.0. The molecule has 9 heteroatoms. The van der Waals surface area contributed by atoms with Crippen molar-refractivity contribution in [2.45, 2.75) is 26.3 Å². The Balaban J connectivity index is 2.22. The average Bonchev–Trinajstić information content (AvgIpc) is 3.25. The number of likely N-dealkylation sites (tertiary alicyclic amines) is 1. The molecule has 1 unspecified atom stereocenters. The van der Waals surface area contributed by atoms with Crippen LogP contribution in [-0.2, 0) is 14.3 Å². The minimum absolute atomic E-state index is 0.139. The monoisotopic (exact) mass is 469 g/mol. The summed E-state index contributed by atoms with van der Waals surface area (Å²) in [5.74, 6) is -2.28. The summed E-state index contributed by atoms with van der Waals surface area (Å²) in [5, 5.41) is 13.8. The molecule has 1 aromatic heterocycles. The van der Waals surface area contributed by atoms with E-state index in [2.05, 4.69) is 4.98 Å². The van der Waals surface area contributed by atoms with Gasteiger partial charge in [-0.1, -0.05) is 24.0 Å². The van der Waals surface area contributed by atoms with E-state index in [1.807, 2.05) is 14.1 Å². The van der Waals surface area contributed by atoms with E-state index in [4.69, 9.17) is 9.47 Å². The zero-order valence-electron chi connectivity index (χ0n) is 20.4. The maximum absolute atomic E-state index is 13.8. The molecule has 1 fully saturated rings. The Labute approximate surface area is 199 Å². The van der Waals surface area contributed by atoms with Gasteiger partial charge in [-0.25, -0.2) is 4.79 Å². The lowest BCUT2D eigenvalue weighted by Gasteiger charge is -2.28. The largest absolute Gasteiger partial charge is 0.872 e. The second-order valence-corrected chi connectivity index (χ2v) is 8.64. The van der Waals surface area contributed by atoms with Gasteiger partial charge in [-0.15, -0.1) is 0 Å². The van der Waals surface area contributed by atoms with Gasteiger partial charge >= 0.3 is 5.97 Å². The lowest BCUT2D eigenvalue weighted by molar-refractivity contribution is -0.858. The molecule has 0 aliphatic carbocycles. The van der Waals surface area contributed by atoms with Crippen molar-refractivity contribution in [3.63, 3.8) is 0 Å². The molecule has 182 valence electrons. The number of hydrogen-bond donors (Lipinski definition) is 2. The molecule has 0 spiro atoms. The summed E-state index contributed by atoms with van der Waals surface area (Å²) in [6, 6.07) is 6.15. The highest BCUT2D eigenvalue weighted by atomic mass is 16.5. The number of quaternary nitrogens is 1. The lowest BCUT2D eigenvalue weighted by atomic mass is 9.93. The SMILES string of the molecule is COC(=O)c1[nH]c(C)c(C([O-])=C2C(=O)C(=O)N(CCC[NH+](C)C)C2c2ccccc2OC)c1C. The Morgan fingerprint density at radius 2 is 1.85 bits per heavy atom. The number of aryl methyl sites for hydroxylation is 1. The first-order valence-corrected chi connectivity index (χ1v) is 11.1. The van der Waals surface area contributed by atoms with Gasteiger partial charge in [0.05, 0.1) is 40.9 Å². The number of rotatable bonds is 8. The molecule has 1 amide bonds. The van der Waals surface area contributed by atoms with Crippen LogP contribution < -0.4 is 14.7 Å². The summed E-state index contributed by atoms with van der Waals surface area (Å²) in [6.07, 6.45) is 0.656. The molecule has 2 heterocycles. The molecule has 0 bridgehead atoms. The lowest BCUT2D eigenvalue weighted by Crippen LogP contribution is -3.05. The average molecular weight is 470 g/mol. The number of aromatic nitrogens is 1. The van der Waals surface area contributed by atoms with Gasteiger partial charge in [0.25, 0.3) is 5.91 Å². The smallest absolute Gasteiger partial charge is 0.354 e. The van der Waals surface area contributed by atoms with E-state index in [0.717, 1.165) is 6.54 Å². The van der Waals surface area contributed by atoms with Crippen LogP contribution in [0.2, 0.25) is 0 Å². The van der Waals surface area contributed by atoms with Gasteiger partial charge in [-0.2, -0.15) is 0 Å². The standard InChI is InChI=1S/C25H31N3O6/c1-14-18(15(2)26-20(14)25(32)34-6)22(29)19-21(16-10-7-8-11-17(16)33-5)28(24(31)23(19)30)13-9-12-27(3)4/h7-8,10-11,21,26,29H,9,12-13H2,1-6H3. The van der Waals surface area contributed by atoms with E-state index in [0.29, 0.717) is 35.5 Å². The Morgan fingerprint density at radius 3 is 2.47 bits per heavy atom. The number of nitrogens with zero attached hydrogens (tertiary/aromatic N) is 1. The molecule has 1 saturated heterocycles. The van der Waals surface area contributed by atoms with Crippen molar-refractivity contribution in [3.05, 3.63) is 57.9 Å². The highest BCUT2D eigenvalue weighted by molar-refractivity contribution is 6.46. The van der Waals surface area contributed by atoms with Crippen LogP contribution in [0.15, 0.2) is 29.8 Å². The highest BCUT2D eigenvalue weighted by Crippen LogP contribution is 2.42. The van der Waals surface area contributed by atoms with Crippen LogP contribution in [0, 0.1) is 13.8 Å². The maximum Gasteiger partial charge on any atom is 0.354 e. The summed E-state index contributed by atoms with van der Waals surface area (Å²) < 4.78 is 10.3. The van der Waals surface area contributed by atoms with Crippen molar-refractivity contribution in [1.82, 2.24) is 9.88 Å². The summed E-state index contributed by atoms with van der Waals surface area (Å²) >= 11 is 0. The summed E-state index contributed by atoms with van der Waals surface area (Å²) in [6.45, 7) is 4.36. The third-order valence-corrected chi connectivity index (χ3v) is 6.09. The maximum atomic E-state index is 13.8. The van der Waals surface area contributed by atoms with Crippen LogP contribution in [0.25, 0.3) is 5.76 Å². The van der Waals surface area contributed by atoms with Gasteiger partial charge in [0.2, 0.25) is 5.78 Å². The third kappa shape index (κ3) is 4.43. The molecule has 1 atom stereocenters. The highest BCUT2D eigenvalue weighted by Gasteiger charge is 2.45. The van der Waals surface area contributed by atoms with Gasteiger partial charge in [0, 0.05) is 29.8 Å². The number of ketones is 1. The number of H-pyrrole nitrogens is 1. The summed E-state index contributed by atoms with van der Waals surface area (Å²) in [7, 11) is 6.76. The predicted octanol–water partition coefficient (Wildman–Crippen LogP) is 0.185. The van der Waals surface area contributed by atoms with E-state index < -0.39 is 29.5 Å². The third-order valence-electron chi connectivity index (χ3n) is 6.09. The fourth-order valence-electron chi connectivity index (χ4n) is 4.45. The zero-order valence-corrected chi connectivity index (χ0v) is 20.4. The zero-order chi connectivity index (χ0) is 25.2. The van der Waals surface area contributed by atoms with Crippen molar-refractivity contribution in [2.24, 2.45) is 0 Å². The number of Topliss-reactive ketones (excluding diaryl/α,β-unsaturated/α-hetero) is 1. The first-order valence-electron chi connectivity index (χ1n) is 11.1. The van der Waals surface area contributed by atoms with Crippen LogP contribution in [0.5, 0.6) is 5.75 Å². The first-order chi connectivity index (χ1) is 16.1. The van der Waals surface area contributed by atoms with Gasteiger partial charge in [-0.05, 0) is 31.0 Å². The van der Waals surface area contributed by atoms with Gasteiger partial charge < -0.3 is 29.4 Å². The minimum atomic E-state index is -0.893. The molecule has 0 radical (unpaired) electrons. The van der Waals surface area contributed by atoms with Gasteiger partial charge in [0.1, 0.15) is 11.4 Å². The van der Waals surface area contributed by atoms with Gasteiger partial charge in [0.15, 0.2) is 0 Å². The van der Waals surface area contributed by atoms with E-state index >= 15 is 0 Å². The van der Waals surface area contributed by atoms with Gasteiger partial charge in [-0.3, -0.25) is 9.59 Å². The van der Waals surface area contributed by atoms with Crippen molar-refractivity contribution in [3.8, 4) is 5.75 Å². The van der Waals surface area contributed by atoms with E-state index in [-0.39, 0.29) is 16.8 Å². The molecule has 1 aliphatic heterocycles. The molecule has 2 N–H and O–H groups in total. The van der Waals surface area contributed by atoms with E-state index in [9.17, 15) is 19.5 Å². The first kappa shape index (κ1) is 25.0. The Bertz CT molecular complexity index is 1150. The van der Waals surface area contributed by atoms with Crippen LogP contribution in [0.1, 0.15) is 45.3 Å². The van der Waals surface area contributed by atoms with Crippen molar-refractivity contribution >= 4 is 23.4 Å². The Morgan fingerprint density at radius 1 is 1.18 bits per heavy atom. The normalized spacial score (nSPS) is 17.5. The molecule has 2 aromatic rings. The van der Waals surface area contributed by atoms with Crippen molar-refractivity contribution < 1.29 is 33.9 Å². The fraction of sp³-hybridized carbons (Fsp3) is 0.400. The van der Waals surface area contributed by atoms with Crippen LogP contribution in [0.4, 0.5) is 0 Å². The van der Waals surface area contributed by atoms with Crippen LogP contribution >= 0.6 is 0 Å². The Kier molecular flexibility index (Phi) is 7.46. The number of benzene rings is 1.